The van der Waals surface area contributed by atoms with Crippen LogP contribution in [-0.2, 0) is 27.2 Å². The minimum atomic E-state index is -1.24. The fourth-order valence-electron chi connectivity index (χ4n) is 4.87. The predicted octanol–water partition coefficient (Wildman–Crippen LogP) is 3.46. The average Bonchev–Trinajstić information content (AvgIpc) is 2.82. The van der Waals surface area contributed by atoms with Crippen LogP contribution in [0.4, 0.5) is 4.79 Å². The van der Waals surface area contributed by atoms with Crippen LogP contribution in [0.5, 0.6) is 5.75 Å². The Morgan fingerprint density at radius 3 is 1.95 bits per heavy atom. The number of nitrogens with one attached hydrogen (secondary N) is 3. The second kappa shape index (κ2) is 13.5. The highest BCUT2D eigenvalue weighted by atomic mass is 16.4. The van der Waals surface area contributed by atoms with E-state index in [1.807, 2.05) is 30.3 Å². The van der Waals surface area contributed by atoms with Crippen molar-refractivity contribution in [2.75, 3.05) is 6.54 Å². The van der Waals surface area contributed by atoms with E-state index in [4.69, 9.17) is 0 Å². The molecule has 10 heteroatoms. The molecule has 0 aliphatic heterocycles. The highest BCUT2D eigenvalue weighted by Gasteiger charge is 2.39. The maximum absolute atomic E-state index is 13.6. The van der Waals surface area contributed by atoms with E-state index in [-0.39, 0.29) is 24.6 Å². The molecule has 2 rings (SSSR count). The molecule has 0 aliphatic rings. The van der Waals surface area contributed by atoms with E-state index in [2.05, 4.69) is 16.0 Å². The van der Waals surface area contributed by atoms with Gasteiger partial charge in [0, 0.05) is 31.8 Å². The number of benzene rings is 2. The van der Waals surface area contributed by atoms with Crippen molar-refractivity contribution in [1.29, 1.82) is 0 Å². The number of rotatable bonds is 11. The maximum Gasteiger partial charge on any atom is 0.408 e. The number of carbonyl (C=O) groups excluding carboxylic acids is 3. The number of carboxylic acid groups (broad SMARTS) is 1. The van der Waals surface area contributed by atoms with E-state index in [1.54, 1.807) is 60.6 Å². The third kappa shape index (κ3) is 9.81. The highest BCUT2D eigenvalue weighted by Crippen LogP contribution is 2.26. The van der Waals surface area contributed by atoms with Gasteiger partial charge in [0.2, 0.25) is 17.7 Å². The lowest BCUT2D eigenvalue weighted by Gasteiger charge is -2.39. The molecule has 0 unspecified atom stereocenters. The van der Waals surface area contributed by atoms with Crippen LogP contribution in [0.3, 0.4) is 0 Å². The second-order valence-electron chi connectivity index (χ2n) is 12.1. The van der Waals surface area contributed by atoms with Crippen LogP contribution in [0.25, 0.3) is 0 Å². The highest BCUT2D eigenvalue weighted by molar-refractivity contribution is 5.88. The summed E-state index contributed by atoms with van der Waals surface area (Å²) in [5.41, 5.74) is 1.32. The summed E-state index contributed by atoms with van der Waals surface area (Å²) in [6.45, 7) is 13.6. The van der Waals surface area contributed by atoms with Crippen molar-refractivity contribution in [3.05, 3.63) is 64.7 Å². The molecule has 0 aliphatic carbocycles. The van der Waals surface area contributed by atoms with Crippen LogP contribution in [0.1, 0.15) is 63.8 Å². The number of phenols is 1. The molecule has 224 valence electrons. The molecule has 0 heterocycles. The Morgan fingerprint density at radius 2 is 1.46 bits per heavy atom. The van der Waals surface area contributed by atoms with Crippen molar-refractivity contribution in [1.82, 2.24) is 20.9 Å². The van der Waals surface area contributed by atoms with E-state index < -0.39 is 41.1 Å². The molecule has 0 saturated heterocycles. The summed E-state index contributed by atoms with van der Waals surface area (Å²) in [6, 6.07) is 10.6. The van der Waals surface area contributed by atoms with Gasteiger partial charge in [0.1, 0.15) is 17.8 Å². The number of aryl methyl sites for hydroxylation is 2. The van der Waals surface area contributed by atoms with Gasteiger partial charge in [-0.1, -0.05) is 30.3 Å². The fraction of sp³-hybridized carbons (Fsp3) is 0.484. The third-order valence-electron chi connectivity index (χ3n) is 6.76. The first-order chi connectivity index (χ1) is 18.9. The van der Waals surface area contributed by atoms with E-state index in [0.717, 1.165) is 27.2 Å². The van der Waals surface area contributed by atoms with E-state index in [1.165, 1.54) is 6.92 Å². The molecular weight excluding hydrogens is 524 g/mol. The largest absolute Gasteiger partial charge is 0.508 e. The summed E-state index contributed by atoms with van der Waals surface area (Å²) in [5, 5.41) is 28.5. The average molecular weight is 569 g/mol. The van der Waals surface area contributed by atoms with Gasteiger partial charge in [0.05, 0.1) is 5.54 Å². The summed E-state index contributed by atoms with van der Waals surface area (Å²) in [5.74, 6) is -1.17. The Morgan fingerprint density at radius 1 is 0.902 bits per heavy atom. The molecule has 2 atom stereocenters. The zero-order valence-corrected chi connectivity index (χ0v) is 25.3. The Kier molecular flexibility index (Phi) is 10.9. The molecular formula is C31H44N4O6. The summed E-state index contributed by atoms with van der Waals surface area (Å²) in [7, 11) is 0. The van der Waals surface area contributed by atoms with Crippen molar-refractivity contribution < 1.29 is 29.4 Å². The first kappa shape index (κ1) is 33.1. The number of hydrogen-bond acceptors (Lipinski definition) is 5. The van der Waals surface area contributed by atoms with Gasteiger partial charge >= 0.3 is 6.09 Å². The SMILES string of the molecule is CC(=O)N[C@@H](Cc1ccccc1)C(=O)NC(C)(C)CNC(=O)[C@H](Cc1c(C)cc(O)cc1C)N(C(=O)O)C(C)(C)C. The molecule has 0 spiro atoms. The molecule has 4 amide bonds. The van der Waals surface area contributed by atoms with Gasteiger partial charge in [0.25, 0.3) is 0 Å². The van der Waals surface area contributed by atoms with E-state index in [9.17, 15) is 29.4 Å². The lowest BCUT2D eigenvalue weighted by Crippen LogP contribution is -2.61. The van der Waals surface area contributed by atoms with Crippen molar-refractivity contribution in [3.8, 4) is 5.75 Å². The van der Waals surface area contributed by atoms with Gasteiger partial charge < -0.3 is 26.2 Å². The van der Waals surface area contributed by atoms with Crippen LogP contribution >= 0.6 is 0 Å². The molecule has 0 radical (unpaired) electrons. The summed E-state index contributed by atoms with van der Waals surface area (Å²) < 4.78 is 0. The number of aromatic hydroxyl groups is 1. The lowest BCUT2D eigenvalue weighted by atomic mass is 9.92. The zero-order chi connectivity index (χ0) is 31.1. The predicted molar refractivity (Wildman–Crippen MR) is 158 cm³/mol. The summed E-state index contributed by atoms with van der Waals surface area (Å²) in [4.78, 5) is 52.2. The first-order valence-electron chi connectivity index (χ1n) is 13.6. The van der Waals surface area contributed by atoms with E-state index >= 15 is 0 Å². The van der Waals surface area contributed by atoms with Crippen molar-refractivity contribution >= 4 is 23.8 Å². The fourth-order valence-corrected chi connectivity index (χ4v) is 4.87. The summed E-state index contributed by atoms with van der Waals surface area (Å²) >= 11 is 0. The lowest BCUT2D eigenvalue weighted by molar-refractivity contribution is -0.130. The quantitative estimate of drug-likeness (QED) is 0.280. The molecule has 10 nitrogen and oxygen atoms in total. The van der Waals surface area contributed by atoms with Crippen molar-refractivity contribution in [2.24, 2.45) is 0 Å². The maximum atomic E-state index is 13.6. The third-order valence-corrected chi connectivity index (χ3v) is 6.76. The normalized spacial score (nSPS) is 13.1. The molecule has 2 aromatic rings. The zero-order valence-electron chi connectivity index (χ0n) is 25.3. The molecule has 0 fully saturated rings. The number of phenolic OH excluding ortho intramolecular Hbond substituents is 1. The molecule has 0 aromatic heterocycles. The first-order valence-corrected chi connectivity index (χ1v) is 13.6. The van der Waals surface area contributed by atoms with Gasteiger partial charge in [-0.3, -0.25) is 19.3 Å². The van der Waals surface area contributed by atoms with Crippen molar-refractivity contribution in [3.63, 3.8) is 0 Å². The van der Waals surface area contributed by atoms with Crippen LogP contribution in [0.15, 0.2) is 42.5 Å². The van der Waals surface area contributed by atoms with Gasteiger partial charge in [-0.2, -0.15) is 0 Å². The van der Waals surface area contributed by atoms with Crippen LogP contribution < -0.4 is 16.0 Å². The molecule has 0 saturated carbocycles. The van der Waals surface area contributed by atoms with Gasteiger partial charge in [-0.05, 0) is 82.9 Å². The Labute approximate surface area is 242 Å². The minimum Gasteiger partial charge on any atom is -0.508 e. The Bertz CT molecular complexity index is 1230. The number of carbonyl (C=O) groups is 4. The van der Waals surface area contributed by atoms with E-state index in [0.29, 0.717) is 6.42 Å². The second-order valence-corrected chi connectivity index (χ2v) is 12.1. The molecule has 0 bridgehead atoms. The van der Waals surface area contributed by atoms with Gasteiger partial charge in [0.15, 0.2) is 0 Å². The smallest absolute Gasteiger partial charge is 0.408 e. The molecule has 2 aromatic carbocycles. The Balaban J connectivity index is 2.25. The minimum absolute atomic E-state index is 0.0113. The molecule has 41 heavy (non-hydrogen) atoms. The van der Waals surface area contributed by atoms with Crippen LogP contribution in [0.2, 0.25) is 0 Å². The number of amides is 4. The summed E-state index contributed by atoms with van der Waals surface area (Å²) in [6.07, 6.45) is -0.846. The molecule has 5 N–H and O–H groups in total. The van der Waals surface area contributed by atoms with Crippen LogP contribution in [-0.4, -0.2) is 68.6 Å². The number of nitrogens with zero attached hydrogens (tertiary/aromatic N) is 1. The van der Waals surface area contributed by atoms with Crippen LogP contribution in [0, 0.1) is 13.8 Å². The van der Waals surface area contributed by atoms with Gasteiger partial charge in [-0.25, -0.2) is 4.79 Å². The topological polar surface area (TPSA) is 148 Å². The standard InChI is InChI=1S/C31H44N4O6/c1-19-14-23(37)15-20(2)24(19)17-26(35(29(40)41)30(4,5)6)28(39)32-18-31(7,8)34-27(38)25(33-21(3)36)16-22-12-10-9-11-13-22/h9-15,25-26,37H,16-18H2,1-8H3,(H,32,39)(H,33,36)(H,34,38)(H,40,41)/t25-,26-/m0/s1. The van der Waals surface area contributed by atoms with Gasteiger partial charge in [-0.15, -0.1) is 0 Å². The number of hydrogen-bond donors (Lipinski definition) is 5. The Hall–Kier alpha value is -4.08. The van der Waals surface area contributed by atoms with Crippen molar-refractivity contribution in [2.45, 2.75) is 91.4 Å². The monoisotopic (exact) mass is 568 g/mol.